The van der Waals surface area contributed by atoms with Crippen molar-refractivity contribution < 1.29 is 29.0 Å². The number of nitrogens with one attached hydrogen (secondary N) is 1. The number of carbonyl (C=O) groups excluding carboxylic acids is 1. The van der Waals surface area contributed by atoms with E-state index in [0.717, 1.165) is 0 Å². The van der Waals surface area contributed by atoms with Crippen molar-refractivity contribution in [2.45, 2.75) is 25.3 Å². The molecule has 0 aromatic carbocycles. The second kappa shape index (κ2) is 6.79. The van der Waals surface area contributed by atoms with E-state index >= 15 is 0 Å². The van der Waals surface area contributed by atoms with Gasteiger partial charge in [0.15, 0.2) is 11.0 Å². The fourth-order valence-electron chi connectivity index (χ4n) is 1.38. The number of aliphatic carboxylic acids is 2. The van der Waals surface area contributed by atoms with Crippen LogP contribution in [0.3, 0.4) is 0 Å². The quantitative estimate of drug-likeness (QED) is 0.698. The molecule has 0 radical (unpaired) electrons. The Balaban J connectivity index is 2.55. The first-order chi connectivity index (χ1) is 8.90. The fraction of sp³-hybridized carbons (Fsp3) is 0.364. The van der Waals surface area contributed by atoms with Crippen LogP contribution in [-0.4, -0.2) is 34.1 Å². The third kappa shape index (κ3) is 5.01. The first-order valence-electron chi connectivity index (χ1n) is 5.41. The topological polar surface area (TPSA) is 117 Å². The molecule has 19 heavy (non-hydrogen) atoms. The summed E-state index contributed by atoms with van der Waals surface area (Å²) in [5.41, 5.74) is 0. The molecule has 0 fully saturated rings. The summed E-state index contributed by atoms with van der Waals surface area (Å²) in [6, 6.07) is 1.50. The van der Waals surface area contributed by atoms with Crippen LogP contribution in [0.2, 0.25) is 5.22 Å². The Morgan fingerprint density at radius 3 is 2.47 bits per heavy atom. The van der Waals surface area contributed by atoms with Crippen LogP contribution in [0.5, 0.6) is 0 Å². The zero-order valence-corrected chi connectivity index (χ0v) is 10.5. The number of hydrogen-bond donors (Lipinski definition) is 3. The van der Waals surface area contributed by atoms with Gasteiger partial charge < -0.3 is 19.9 Å². The van der Waals surface area contributed by atoms with E-state index in [0.29, 0.717) is 0 Å². The van der Waals surface area contributed by atoms with Crippen LogP contribution >= 0.6 is 11.6 Å². The van der Waals surface area contributed by atoms with Gasteiger partial charge in [-0.25, -0.2) is 4.79 Å². The third-order valence-electron chi connectivity index (χ3n) is 2.28. The number of carboxylic acid groups (broad SMARTS) is 2. The molecule has 0 saturated carbocycles. The van der Waals surface area contributed by atoms with E-state index in [9.17, 15) is 14.4 Å². The van der Waals surface area contributed by atoms with Crippen LogP contribution in [0.15, 0.2) is 16.5 Å². The summed E-state index contributed by atoms with van der Waals surface area (Å²) in [4.78, 5) is 32.9. The minimum absolute atomic E-state index is 0.0157. The Labute approximate surface area is 113 Å². The van der Waals surface area contributed by atoms with Crippen LogP contribution in [0.1, 0.15) is 29.8 Å². The molecular formula is C11H12ClNO6. The molecule has 1 rings (SSSR count). The molecule has 3 N–H and O–H groups in total. The van der Waals surface area contributed by atoms with Crippen LogP contribution in [0.25, 0.3) is 0 Å². The highest BCUT2D eigenvalue weighted by Crippen LogP contribution is 2.13. The molecule has 1 aromatic heterocycles. The van der Waals surface area contributed by atoms with Crippen molar-refractivity contribution in [1.82, 2.24) is 5.32 Å². The number of carbonyl (C=O) groups is 3. The molecule has 1 aromatic rings. The van der Waals surface area contributed by atoms with Gasteiger partial charge in [0.2, 0.25) is 0 Å². The lowest BCUT2D eigenvalue weighted by Crippen LogP contribution is -2.40. The number of halogens is 1. The maximum atomic E-state index is 11.6. The molecular weight excluding hydrogens is 278 g/mol. The molecule has 0 aliphatic carbocycles. The van der Waals surface area contributed by atoms with Crippen molar-refractivity contribution in [2.75, 3.05) is 0 Å². The summed E-state index contributed by atoms with van der Waals surface area (Å²) in [7, 11) is 0. The smallest absolute Gasteiger partial charge is 0.326 e. The Morgan fingerprint density at radius 1 is 1.32 bits per heavy atom. The lowest BCUT2D eigenvalue weighted by atomic mass is 10.1. The Kier molecular flexibility index (Phi) is 5.37. The van der Waals surface area contributed by atoms with E-state index in [4.69, 9.17) is 26.2 Å². The highest BCUT2D eigenvalue weighted by atomic mass is 35.5. The summed E-state index contributed by atoms with van der Waals surface area (Å²) >= 11 is 5.49. The number of rotatable bonds is 7. The molecule has 7 nitrogen and oxygen atoms in total. The van der Waals surface area contributed by atoms with Gasteiger partial charge in [0, 0.05) is 6.42 Å². The average Bonchev–Trinajstić information content (AvgIpc) is 2.73. The maximum absolute atomic E-state index is 11.6. The van der Waals surface area contributed by atoms with Crippen molar-refractivity contribution in [3.8, 4) is 0 Å². The average molecular weight is 290 g/mol. The largest absolute Gasteiger partial charge is 0.481 e. The van der Waals surface area contributed by atoms with Gasteiger partial charge in [-0.05, 0) is 36.6 Å². The maximum Gasteiger partial charge on any atom is 0.326 e. The standard InChI is InChI=1S/C11H12ClNO6/c12-8-5-4-7(19-8)10(16)13-6(11(17)18)2-1-3-9(14)15/h4-6H,1-3H2,(H,13,16)(H,14,15)(H,17,18)/t6-/m1/s1. The molecule has 0 bridgehead atoms. The van der Waals surface area contributed by atoms with E-state index in [1.807, 2.05) is 0 Å². The molecule has 0 saturated heterocycles. The first-order valence-corrected chi connectivity index (χ1v) is 5.78. The number of amides is 1. The summed E-state index contributed by atoms with van der Waals surface area (Å²) < 4.78 is 4.83. The van der Waals surface area contributed by atoms with E-state index in [1.165, 1.54) is 12.1 Å². The van der Waals surface area contributed by atoms with Gasteiger partial charge in [0.05, 0.1) is 0 Å². The molecule has 0 aliphatic heterocycles. The van der Waals surface area contributed by atoms with Gasteiger partial charge in [0.1, 0.15) is 6.04 Å². The summed E-state index contributed by atoms with van der Waals surface area (Å²) in [5.74, 6) is -3.08. The number of hydrogen-bond acceptors (Lipinski definition) is 4. The Hall–Kier alpha value is -2.02. The molecule has 0 unspecified atom stereocenters. The van der Waals surface area contributed by atoms with Gasteiger partial charge >= 0.3 is 11.9 Å². The minimum Gasteiger partial charge on any atom is -0.481 e. The monoisotopic (exact) mass is 289 g/mol. The number of furan rings is 1. The SMILES string of the molecule is O=C(O)CCC[C@@H](NC(=O)c1ccc(Cl)o1)C(=O)O. The fourth-order valence-corrected chi connectivity index (χ4v) is 1.53. The highest BCUT2D eigenvalue weighted by molar-refractivity contribution is 6.29. The van der Waals surface area contributed by atoms with E-state index in [2.05, 4.69) is 5.32 Å². The first kappa shape index (κ1) is 15.0. The molecule has 1 amide bonds. The molecule has 1 heterocycles. The van der Waals surface area contributed by atoms with Crippen molar-refractivity contribution in [3.05, 3.63) is 23.1 Å². The van der Waals surface area contributed by atoms with E-state index < -0.39 is 23.9 Å². The summed E-state index contributed by atoms with van der Waals surface area (Å²) in [5, 5.41) is 19.6. The number of carboxylic acids is 2. The molecule has 104 valence electrons. The van der Waals surface area contributed by atoms with Gasteiger partial charge in [-0.3, -0.25) is 9.59 Å². The molecule has 0 spiro atoms. The normalized spacial score (nSPS) is 11.8. The van der Waals surface area contributed by atoms with Crippen molar-refractivity contribution >= 4 is 29.4 Å². The predicted octanol–water partition coefficient (Wildman–Crippen LogP) is 1.37. The third-order valence-corrected chi connectivity index (χ3v) is 2.49. The van der Waals surface area contributed by atoms with Crippen LogP contribution in [0, 0.1) is 0 Å². The second-order valence-corrected chi connectivity index (χ2v) is 4.13. The van der Waals surface area contributed by atoms with E-state index in [-0.39, 0.29) is 30.2 Å². The zero-order valence-electron chi connectivity index (χ0n) is 9.76. The van der Waals surface area contributed by atoms with Gasteiger partial charge in [0.25, 0.3) is 5.91 Å². The lowest BCUT2D eigenvalue weighted by Gasteiger charge is -2.12. The predicted molar refractivity (Wildman–Crippen MR) is 64.1 cm³/mol. The summed E-state index contributed by atoms with van der Waals surface area (Å²) in [6.45, 7) is 0. The van der Waals surface area contributed by atoms with Crippen LogP contribution in [-0.2, 0) is 9.59 Å². The Bertz CT molecular complexity index is 483. The summed E-state index contributed by atoms with van der Waals surface area (Å²) in [6.07, 6.45) is -0.000461. The Morgan fingerprint density at radius 2 is 2.00 bits per heavy atom. The van der Waals surface area contributed by atoms with Crippen molar-refractivity contribution in [3.63, 3.8) is 0 Å². The van der Waals surface area contributed by atoms with Gasteiger partial charge in [-0.2, -0.15) is 0 Å². The second-order valence-electron chi connectivity index (χ2n) is 3.75. The lowest BCUT2D eigenvalue weighted by molar-refractivity contribution is -0.140. The van der Waals surface area contributed by atoms with Gasteiger partial charge in [-0.1, -0.05) is 0 Å². The van der Waals surface area contributed by atoms with Crippen LogP contribution in [0.4, 0.5) is 0 Å². The van der Waals surface area contributed by atoms with Crippen molar-refractivity contribution in [1.29, 1.82) is 0 Å². The molecule has 0 aliphatic rings. The highest BCUT2D eigenvalue weighted by Gasteiger charge is 2.22. The molecule has 8 heteroatoms. The van der Waals surface area contributed by atoms with Crippen molar-refractivity contribution in [2.24, 2.45) is 0 Å². The molecule has 1 atom stereocenters. The van der Waals surface area contributed by atoms with E-state index in [1.54, 1.807) is 0 Å². The van der Waals surface area contributed by atoms with Gasteiger partial charge in [-0.15, -0.1) is 0 Å². The van der Waals surface area contributed by atoms with Crippen LogP contribution < -0.4 is 5.32 Å². The zero-order chi connectivity index (χ0) is 14.4. The minimum atomic E-state index is -1.24.